The van der Waals surface area contributed by atoms with Gasteiger partial charge in [0.25, 0.3) is 0 Å². The van der Waals surface area contributed by atoms with Gasteiger partial charge in [-0.05, 0) is 12.5 Å². The maximum Gasteiger partial charge on any atom is 0.303 e. The third-order valence-corrected chi connectivity index (χ3v) is 2.04. The fourth-order valence-electron chi connectivity index (χ4n) is 1.24. The minimum Gasteiger partial charge on any atom is -0.481 e. The summed E-state index contributed by atoms with van der Waals surface area (Å²) in [5, 5.41) is 11.1. The molecule has 15 heavy (non-hydrogen) atoms. The van der Waals surface area contributed by atoms with E-state index in [4.69, 9.17) is 10.8 Å². The predicted octanol–water partition coefficient (Wildman–Crippen LogP) is 0.139. The standard InChI is InChI=1S/C10H14N2O3/c11-7-1-3-8(4-2-7)12-9(13)5-6-10(14)15/h1-3,8H,4-6,11H2,(H,12,13)(H,14,15). The Balaban J connectivity index is 2.28. The quantitative estimate of drug-likeness (QED) is 0.615. The summed E-state index contributed by atoms with van der Waals surface area (Å²) in [6.45, 7) is 0. The van der Waals surface area contributed by atoms with Crippen molar-refractivity contribution in [3.63, 3.8) is 0 Å². The fourth-order valence-corrected chi connectivity index (χ4v) is 1.24. The van der Waals surface area contributed by atoms with Crippen molar-refractivity contribution in [3.05, 3.63) is 23.9 Å². The molecule has 0 radical (unpaired) electrons. The summed E-state index contributed by atoms with van der Waals surface area (Å²) in [6, 6.07) is -0.0707. The van der Waals surface area contributed by atoms with Gasteiger partial charge in [-0.2, -0.15) is 0 Å². The number of hydrogen-bond acceptors (Lipinski definition) is 3. The van der Waals surface area contributed by atoms with Gasteiger partial charge >= 0.3 is 5.97 Å². The summed E-state index contributed by atoms with van der Waals surface area (Å²) in [7, 11) is 0. The second-order valence-electron chi connectivity index (χ2n) is 3.37. The van der Waals surface area contributed by atoms with E-state index in [9.17, 15) is 9.59 Å². The topological polar surface area (TPSA) is 92.4 Å². The summed E-state index contributed by atoms with van der Waals surface area (Å²) >= 11 is 0. The zero-order valence-electron chi connectivity index (χ0n) is 8.27. The molecular weight excluding hydrogens is 196 g/mol. The smallest absolute Gasteiger partial charge is 0.303 e. The van der Waals surface area contributed by atoms with Gasteiger partial charge in [0.15, 0.2) is 0 Å². The molecule has 1 unspecified atom stereocenters. The Hall–Kier alpha value is -1.78. The van der Waals surface area contributed by atoms with Crippen LogP contribution in [0.3, 0.4) is 0 Å². The Labute approximate surface area is 87.6 Å². The van der Waals surface area contributed by atoms with E-state index in [-0.39, 0.29) is 24.8 Å². The molecule has 0 aromatic carbocycles. The van der Waals surface area contributed by atoms with E-state index >= 15 is 0 Å². The molecule has 0 fully saturated rings. The van der Waals surface area contributed by atoms with E-state index in [0.29, 0.717) is 12.1 Å². The molecule has 1 rings (SSSR count). The first-order chi connectivity index (χ1) is 7.08. The zero-order valence-corrected chi connectivity index (χ0v) is 8.27. The molecule has 0 heterocycles. The van der Waals surface area contributed by atoms with Gasteiger partial charge in [0.05, 0.1) is 12.5 Å². The van der Waals surface area contributed by atoms with Gasteiger partial charge in [0.1, 0.15) is 0 Å². The second-order valence-corrected chi connectivity index (χ2v) is 3.37. The van der Waals surface area contributed by atoms with Crippen LogP contribution in [0.15, 0.2) is 23.9 Å². The number of aliphatic carboxylic acids is 1. The summed E-state index contributed by atoms with van der Waals surface area (Å²) in [5.74, 6) is -1.21. The minimum atomic E-state index is -0.964. The van der Waals surface area contributed by atoms with Crippen LogP contribution < -0.4 is 11.1 Å². The van der Waals surface area contributed by atoms with Gasteiger partial charge < -0.3 is 16.2 Å². The van der Waals surface area contributed by atoms with Crippen molar-refractivity contribution in [2.75, 3.05) is 0 Å². The fraction of sp³-hybridized carbons (Fsp3) is 0.400. The van der Waals surface area contributed by atoms with Gasteiger partial charge in [0.2, 0.25) is 5.91 Å². The average molecular weight is 210 g/mol. The number of nitrogens with two attached hydrogens (primary N) is 1. The summed E-state index contributed by atoms with van der Waals surface area (Å²) in [5.41, 5.74) is 6.20. The molecule has 0 aromatic rings. The molecule has 1 aliphatic rings. The van der Waals surface area contributed by atoms with E-state index < -0.39 is 5.97 Å². The summed E-state index contributed by atoms with van der Waals surface area (Å²) in [4.78, 5) is 21.5. The van der Waals surface area contributed by atoms with E-state index in [1.807, 2.05) is 6.08 Å². The molecule has 0 saturated heterocycles. The van der Waals surface area contributed by atoms with Crippen LogP contribution >= 0.6 is 0 Å². The SMILES string of the molecule is NC1=CCC(NC(=O)CCC(=O)O)C=C1. The first-order valence-electron chi connectivity index (χ1n) is 4.73. The van der Waals surface area contributed by atoms with Gasteiger partial charge in [-0.15, -0.1) is 0 Å². The molecule has 0 aromatic heterocycles. The van der Waals surface area contributed by atoms with Crippen LogP contribution in [0.2, 0.25) is 0 Å². The molecule has 5 heteroatoms. The third-order valence-electron chi connectivity index (χ3n) is 2.04. The minimum absolute atomic E-state index is 0.0128. The molecule has 4 N–H and O–H groups in total. The lowest BCUT2D eigenvalue weighted by Crippen LogP contribution is -2.34. The number of hydrogen-bond donors (Lipinski definition) is 3. The van der Waals surface area contributed by atoms with Crippen LogP contribution in [-0.2, 0) is 9.59 Å². The highest BCUT2D eigenvalue weighted by Gasteiger charge is 2.11. The van der Waals surface area contributed by atoms with Crippen molar-refractivity contribution in [3.8, 4) is 0 Å². The highest BCUT2D eigenvalue weighted by Crippen LogP contribution is 2.06. The van der Waals surface area contributed by atoms with Crippen LogP contribution in [0.25, 0.3) is 0 Å². The average Bonchev–Trinajstić information content (AvgIpc) is 2.19. The van der Waals surface area contributed by atoms with Crippen LogP contribution in [-0.4, -0.2) is 23.0 Å². The van der Waals surface area contributed by atoms with E-state index in [2.05, 4.69) is 5.32 Å². The Kier molecular flexibility index (Phi) is 3.91. The predicted molar refractivity (Wildman–Crippen MR) is 54.8 cm³/mol. The molecule has 1 aliphatic carbocycles. The Bertz CT molecular complexity index is 321. The molecule has 0 saturated carbocycles. The van der Waals surface area contributed by atoms with Gasteiger partial charge in [0, 0.05) is 12.1 Å². The highest BCUT2D eigenvalue weighted by molar-refractivity contribution is 5.81. The maximum atomic E-state index is 11.2. The van der Waals surface area contributed by atoms with Crippen LogP contribution in [0.5, 0.6) is 0 Å². The lowest BCUT2D eigenvalue weighted by molar-refractivity contribution is -0.138. The van der Waals surface area contributed by atoms with Gasteiger partial charge in [-0.1, -0.05) is 12.2 Å². The molecule has 0 aliphatic heterocycles. The van der Waals surface area contributed by atoms with Crippen molar-refractivity contribution in [2.45, 2.75) is 25.3 Å². The Morgan fingerprint density at radius 2 is 2.27 bits per heavy atom. The van der Waals surface area contributed by atoms with Crippen LogP contribution in [0.4, 0.5) is 0 Å². The van der Waals surface area contributed by atoms with Crippen molar-refractivity contribution >= 4 is 11.9 Å². The Morgan fingerprint density at radius 3 is 2.80 bits per heavy atom. The van der Waals surface area contributed by atoms with Crippen molar-refractivity contribution in [2.24, 2.45) is 5.73 Å². The number of amides is 1. The van der Waals surface area contributed by atoms with E-state index in [1.165, 1.54) is 0 Å². The molecule has 1 amide bonds. The number of carbonyl (C=O) groups is 2. The van der Waals surface area contributed by atoms with Gasteiger partial charge in [-0.25, -0.2) is 0 Å². The second kappa shape index (κ2) is 5.19. The first-order valence-corrected chi connectivity index (χ1v) is 4.73. The van der Waals surface area contributed by atoms with Crippen molar-refractivity contribution in [1.29, 1.82) is 0 Å². The Morgan fingerprint density at radius 1 is 1.53 bits per heavy atom. The van der Waals surface area contributed by atoms with Gasteiger partial charge in [-0.3, -0.25) is 9.59 Å². The lowest BCUT2D eigenvalue weighted by Gasteiger charge is -2.16. The number of carboxylic acid groups (broad SMARTS) is 1. The monoisotopic (exact) mass is 210 g/mol. The molecule has 0 bridgehead atoms. The number of nitrogens with one attached hydrogen (secondary N) is 1. The molecule has 1 atom stereocenters. The van der Waals surface area contributed by atoms with E-state index in [0.717, 1.165) is 0 Å². The molecular formula is C10H14N2O3. The molecule has 0 spiro atoms. The third kappa shape index (κ3) is 4.30. The number of carbonyl (C=O) groups excluding carboxylic acids is 1. The molecule has 5 nitrogen and oxygen atoms in total. The largest absolute Gasteiger partial charge is 0.481 e. The zero-order chi connectivity index (χ0) is 11.3. The van der Waals surface area contributed by atoms with Crippen molar-refractivity contribution in [1.82, 2.24) is 5.32 Å². The molecule has 82 valence electrons. The summed E-state index contributed by atoms with van der Waals surface area (Å²) in [6.07, 6.45) is 5.88. The maximum absolute atomic E-state index is 11.2. The number of carboxylic acids is 1. The van der Waals surface area contributed by atoms with Crippen molar-refractivity contribution < 1.29 is 14.7 Å². The van der Waals surface area contributed by atoms with E-state index in [1.54, 1.807) is 12.2 Å². The van der Waals surface area contributed by atoms with Crippen LogP contribution in [0, 0.1) is 0 Å². The lowest BCUT2D eigenvalue weighted by atomic mass is 10.1. The first kappa shape index (κ1) is 11.3. The summed E-state index contributed by atoms with van der Waals surface area (Å²) < 4.78 is 0. The normalized spacial score (nSPS) is 19.5. The highest BCUT2D eigenvalue weighted by atomic mass is 16.4. The number of rotatable bonds is 4. The number of allylic oxidation sites excluding steroid dienone is 1. The van der Waals surface area contributed by atoms with Crippen LogP contribution in [0.1, 0.15) is 19.3 Å².